The maximum Gasteiger partial charge on any atom is 0.410 e. The number of fused-ring (bicyclic) bond motifs is 1. The number of hydrogen-bond donors (Lipinski definition) is 1. The summed E-state index contributed by atoms with van der Waals surface area (Å²) in [6.07, 6.45) is 0.536. The smallest absolute Gasteiger partial charge is 0.410 e. The molecule has 2 rings (SSSR count). The van der Waals surface area contributed by atoms with Crippen LogP contribution in [0.2, 0.25) is 0 Å². The summed E-state index contributed by atoms with van der Waals surface area (Å²) < 4.78 is 5.35. The van der Waals surface area contributed by atoms with Crippen molar-refractivity contribution in [2.45, 2.75) is 46.3 Å². The molecule has 1 aromatic heterocycles. The first kappa shape index (κ1) is 12.0. The molecule has 0 saturated carbocycles. The zero-order valence-corrected chi connectivity index (χ0v) is 10.8. The lowest BCUT2D eigenvalue weighted by molar-refractivity contribution is 0.0221. The lowest BCUT2D eigenvalue weighted by Gasteiger charge is -2.29. The van der Waals surface area contributed by atoms with Crippen molar-refractivity contribution in [2.75, 3.05) is 6.54 Å². The Kier molecular flexibility index (Phi) is 2.85. The highest BCUT2D eigenvalue weighted by Gasteiger charge is 2.27. The Morgan fingerprint density at radius 2 is 2.18 bits per heavy atom. The molecule has 1 aliphatic rings. The van der Waals surface area contributed by atoms with Gasteiger partial charge in [0.25, 0.3) is 0 Å². The zero-order valence-electron chi connectivity index (χ0n) is 10.8. The van der Waals surface area contributed by atoms with Gasteiger partial charge in [0, 0.05) is 13.0 Å². The average Bonchev–Trinajstić information content (AvgIpc) is 2.53. The summed E-state index contributed by atoms with van der Waals surface area (Å²) in [6.45, 7) is 8.79. The van der Waals surface area contributed by atoms with E-state index in [1.807, 2.05) is 27.7 Å². The standard InChI is InChI=1S/C12H19N3O2/c1-8-13-9-5-6-15(7-10(9)14-8)11(16)17-12(2,3)4/h5-7H2,1-4H3,(H,13,14). The SMILES string of the molecule is Cc1nc2c([nH]1)CN(C(=O)OC(C)(C)C)CC2. The van der Waals surface area contributed by atoms with E-state index in [4.69, 9.17) is 4.74 Å². The van der Waals surface area contributed by atoms with E-state index >= 15 is 0 Å². The van der Waals surface area contributed by atoms with Gasteiger partial charge in [0.15, 0.2) is 0 Å². The van der Waals surface area contributed by atoms with Crippen LogP contribution in [0, 0.1) is 6.92 Å². The fourth-order valence-corrected chi connectivity index (χ4v) is 1.92. The van der Waals surface area contributed by atoms with Gasteiger partial charge in [0.2, 0.25) is 0 Å². The second-order valence-electron chi connectivity index (χ2n) is 5.40. The van der Waals surface area contributed by atoms with Crippen LogP contribution in [0.1, 0.15) is 38.0 Å². The van der Waals surface area contributed by atoms with Crippen LogP contribution < -0.4 is 0 Å². The van der Waals surface area contributed by atoms with E-state index < -0.39 is 5.60 Å². The van der Waals surface area contributed by atoms with Gasteiger partial charge < -0.3 is 14.6 Å². The minimum Gasteiger partial charge on any atom is -0.444 e. The molecule has 0 fully saturated rings. The zero-order chi connectivity index (χ0) is 12.6. The number of carbonyl (C=O) groups is 1. The maximum atomic E-state index is 11.9. The summed E-state index contributed by atoms with van der Waals surface area (Å²) in [5, 5.41) is 0. The number of ether oxygens (including phenoxy) is 1. The first-order valence-corrected chi connectivity index (χ1v) is 5.87. The molecule has 94 valence electrons. The Morgan fingerprint density at radius 3 is 2.82 bits per heavy atom. The number of imidazole rings is 1. The summed E-state index contributed by atoms with van der Waals surface area (Å²) in [6, 6.07) is 0. The number of nitrogens with one attached hydrogen (secondary N) is 1. The number of amides is 1. The van der Waals surface area contributed by atoms with Crippen LogP contribution in [0.25, 0.3) is 0 Å². The van der Waals surface area contributed by atoms with Gasteiger partial charge in [-0.2, -0.15) is 0 Å². The number of hydrogen-bond acceptors (Lipinski definition) is 3. The van der Waals surface area contributed by atoms with Gasteiger partial charge in [0.05, 0.1) is 17.9 Å². The summed E-state index contributed by atoms with van der Waals surface area (Å²) in [5.41, 5.74) is 1.66. The number of rotatable bonds is 0. The van der Waals surface area contributed by atoms with E-state index in [0.717, 1.165) is 23.6 Å². The Balaban J connectivity index is 2.05. The van der Waals surface area contributed by atoms with Crippen molar-refractivity contribution >= 4 is 6.09 Å². The normalized spacial score (nSPS) is 15.6. The number of H-pyrrole nitrogens is 1. The van der Waals surface area contributed by atoms with Crippen LogP contribution in [0.15, 0.2) is 0 Å². The minimum atomic E-state index is -0.443. The van der Waals surface area contributed by atoms with Crippen molar-refractivity contribution in [1.29, 1.82) is 0 Å². The van der Waals surface area contributed by atoms with Crippen molar-refractivity contribution in [2.24, 2.45) is 0 Å². The fourth-order valence-electron chi connectivity index (χ4n) is 1.92. The van der Waals surface area contributed by atoms with Crippen LogP contribution in [-0.2, 0) is 17.7 Å². The second kappa shape index (κ2) is 4.05. The van der Waals surface area contributed by atoms with Gasteiger partial charge >= 0.3 is 6.09 Å². The molecule has 5 heteroatoms. The van der Waals surface area contributed by atoms with Gasteiger partial charge in [0.1, 0.15) is 11.4 Å². The molecule has 0 radical (unpaired) electrons. The van der Waals surface area contributed by atoms with Crippen LogP contribution >= 0.6 is 0 Å². The third kappa shape index (κ3) is 2.78. The largest absolute Gasteiger partial charge is 0.444 e. The summed E-state index contributed by atoms with van der Waals surface area (Å²) in [7, 11) is 0. The molecule has 0 atom stereocenters. The predicted molar refractivity (Wildman–Crippen MR) is 63.7 cm³/mol. The van der Waals surface area contributed by atoms with Crippen LogP contribution in [0.3, 0.4) is 0 Å². The molecule has 0 aromatic carbocycles. The molecule has 2 heterocycles. The lowest BCUT2D eigenvalue weighted by Crippen LogP contribution is -2.39. The summed E-state index contributed by atoms with van der Waals surface area (Å²) >= 11 is 0. The van der Waals surface area contributed by atoms with E-state index in [0.29, 0.717) is 13.1 Å². The van der Waals surface area contributed by atoms with Gasteiger partial charge in [-0.05, 0) is 27.7 Å². The molecular weight excluding hydrogens is 218 g/mol. The topological polar surface area (TPSA) is 58.2 Å². The van der Waals surface area contributed by atoms with E-state index in [1.54, 1.807) is 4.90 Å². The molecule has 1 aromatic rings. The second-order valence-corrected chi connectivity index (χ2v) is 5.40. The molecule has 17 heavy (non-hydrogen) atoms. The molecule has 1 amide bonds. The van der Waals surface area contributed by atoms with Crippen molar-refractivity contribution in [3.05, 3.63) is 17.2 Å². The molecule has 1 aliphatic heterocycles. The first-order chi connectivity index (χ1) is 7.85. The van der Waals surface area contributed by atoms with Gasteiger partial charge in [-0.3, -0.25) is 0 Å². The molecule has 0 aliphatic carbocycles. The van der Waals surface area contributed by atoms with Crippen molar-refractivity contribution in [3.8, 4) is 0 Å². The average molecular weight is 237 g/mol. The number of aromatic amines is 1. The van der Waals surface area contributed by atoms with Crippen molar-refractivity contribution in [1.82, 2.24) is 14.9 Å². The fraction of sp³-hybridized carbons (Fsp3) is 0.667. The van der Waals surface area contributed by atoms with Crippen LogP contribution in [0.5, 0.6) is 0 Å². The summed E-state index contributed by atoms with van der Waals surface area (Å²) in [5.74, 6) is 0.904. The van der Waals surface area contributed by atoms with E-state index in [9.17, 15) is 4.79 Å². The van der Waals surface area contributed by atoms with E-state index in [1.165, 1.54) is 0 Å². The van der Waals surface area contributed by atoms with Crippen LogP contribution in [-0.4, -0.2) is 33.1 Å². The maximum absolute atomic E-state index is 11.9. The third-order valence-corrected chi connectivity index (χ3v) is 2.60. The highest BCUT2D eigenvalue weighted by molar-refractivity contribution is 5.68. The summed E-state index contributed by atoms with van der Waals surface area (Å²) in [4.78, 5) is 21.2. The third-order valence-electron chi connectivity index (χ3n) is 2.60. The highest BCUT2D eigenvalue weighted by atomic mass is 16.6. The van der Waals surface area contributed by atoms with Crippen molar-refractivity contribution in [3.63, 3.8) is 0 Å². The minimum absolute atomic E-state index is 0.254. The quantitative estimate of drug-likeness (QED) is 0.751. The van der Waals surface area contributed by atoms with Gasteiger partial charge in [-0.25, -0.2) is 9.78 Å². The highest BCUT2D eigenvalue weighted by Crippen LogP contribution is 2.19. The Hall–Kier alpha value is -1.52. The number of aryl methyl sites for hydroxylation is 1. The number of carbonyl (C=O) groups excluding carboxylic acids is 1. The predicted octanol–water partition coefficient (Wildman–Crippen LogP) is 2.01. The molecule has 1 N–H and O–H groups in total. The first-order valence-electron chi connectivity index (χ1n) is 5.87. The Morgan fingerprint density at radius 1 is 1.47 bits per heavy atom. The monoisotopic (exact) mass is 237 g/mol. The molecule has 0 unspecified atom stereocenters. The molecule has 0 saturated heterocycles. The van der Waals surface area contributed by atoms with Crippen LogP contribution in [0.4, 0.5) is 4.79 Å². The van der Waals surface area contributed by atoms with E-state index in [2.05, 4.69) is 9.97 Å². The van der Waals surface area contributed by atoms with Gasteiger partial charge in [-0.15, -0.1) is 0 Å². The van der Waals surface area contributed by atoms with Gasteiger partial charge in [-0.1, -0.05) is 0 Å². The molecule has 0 spiro atoms. The number of nitrogens with zero attached hydrogens (tertiary/aromatic N) is 2. The Bertz CT molecular complexity index is 431. The lowest BCUT2D eigenvalue weighted by atomic mass is 10.1. The molecular formula is C12H19N3O2. The molecule has 0 bridgehead atoms. The van der Waals surface area contributed by atoms with Crippen molar-refractivity contribution < 1.29 is 9.53 Å². The molecule has 5 nitrogen and oxygen atoms in total. The van der Waals surface area contributed by atoms with E-state index in [-0.39, 0.29) is 6.09 Å². The Labute approximate surface area is 101 Å². The number of aromatic nitrogens is 2.